The third-order valence-electron chi connectivity index (χ3n) is 2.12. The number of piperazine rings is 1. The molecule has 0 aliphatic carbocycles. The van der Waals surface area contributed by atoms with Gasteiger partial charge in [0.25, 0.3) is 0 Å². The highest BCUT2D eigenvalue weighted by atomic mass is 16.2. The molecule has 1 aliphatic heterocycles. The lowest BCUT2D eigenvalue weighted by Crippen LogP contribution is -2.61. The summed E-state index contributed by atoms with van der Waals surface area (Å²) in [5, 5.41) is 2.53. The summed E-state index contributed by atoms with van der Waals surface area (Å²) in [6, 6.07) is 0.0167. The summed E-state index contributed by atoms with van der Waals surface area (Å²) in [4.78, 5) is 24.1. The molecule has 0 aromatic heterocycles. The van der Waals surface area contributed by atoms with Crippen molar-refractivity contribution in [3.05, 3.63) is 0 Å². The zero-order valence-corrected chi connectivity index (χ0v) is 8.83. The number of hydrogen-bond donors (Lipinski definition) is 2. The molecule has 0 spiro atoms. The number of nitrogens with zero attached hydrogens (tertiary/aromatic N) is 1. The Balaban J connectivity index is 2.73. The van der Waals surface area contributed by atoms with Crippen LogP contribution in [0.5, 0.6) is 0 Å². The van der Waals surface area contributed by atoms with E-state index in [2.05, 4.69) is 5.32 Å². The van der Waals surface area contributed by atoms with Crippen molar-refractivity contribution < 1.29 is 9.59 Å². The van der Waals surface area contributed by atoms with Crippen molar-refractivity contribution >= 4 is 11.8 Å². The van der Waals surface area contributed by atoms with Gasteiger partial charge in [0, 0.05) is 24.7 Å². The van der Waals surface area contributed by atoms with Gasteiger partial charge in [-0.25, -0.2) is 0 Å². The highest BCUT2D eigenvalue weighted by molar-refractivity contribution is 6.35. The van der Waals surface area contributed by atoms with E-state index in [1.165, 1.54) is 4.90 Å². The molecule has 1 saturated heterocycles. The Morgan fingerprint density at radius 1 is 1.57 bits per heavy atom. The van der Waals surface area contributed by atoms with Gasteiger partial charge < -0.3 is 16.0 Å². The Labute approximate surface area is 83.6 Å². The molecule has 0 radical (unpaired) electrons. The Bertz CT molecular complexity index is 257. The Morgan fingerprint density at radius 3 is 2.64 bits per heavy atom. The molecular weight excluding hydrogens is 182 g/mol. The molecule has 2 amide bonds. The summed E-state index contributed by atoms with van der Waals surface area (Å²) in [5.74, 6) is -1.02. The SMILES string of the molecule is CC1CNC(=O)C(=O)N1CC(C)(C)N. The maximum absolute atomic E-state index is 11.5. The lowest BCUT2D eigenvalue weighted by atomic mass is 10.0. The van der Waals surface area contributed by atoms with Crippen LogP contribution in [0, 0.1) is 0 Å². The summed E-state index contributed by atoms with van der Waals surface area (Å²) in [7, 11) is 0. The van der Waals surface area contributed by atoms with Gasteiger partial charge in [-0.2, -0.15) is 0 Å². The summed E-state index contributed by atoms with van der Waals surface area (Å²) in [6.07, 6.45) is 0. The fourth-order valence-electron chi connectivity index (χ4n) is 1.42. The Kier molecular flexibility index (Phi) is 2.80. The molecule has 5 nitrogen and oxygen atoms in total. The third kappa shape index (κ3) is 2.45. The minimum atomic E-state index is -0.535. The Hall–Kier alpha value is -1.10. The number of nitrogens with two attached hydrogens (primary N) is 1. The monoisotopic (exact) mass is 199 g/mol. The topological polar surface area (TPSA) is 75.4 Å². The van der Waals surface area contributed by atoms with E-state index in [0.29, 0.717) is 13.1 Å². The van der Waals surface area contributed by atoms with Crippen LogP contribution in [0.3, 0.4) is 0 Å². The molecule has 0 bridgehead atoms. The first-order valence-electron chi connectivity index (χ1n) is 4.69. The first-order chi connectivity index (χ1) is 6.31. The molecule has 1 fully saturated rings. The van der Waals surface area contributed by atoms with Crippen molar-refractivity contribution in [1.29, 1.82) is 0 Å². The van der Waals surface area contributed by atoms with Crippen LogP contribution < -0.4 is 11.1 Å². The molecule has 1 heterocycles. The van der Waals surface area contributed by atoms with Gasteiger partial charge in [-0.1, -0.05) is 0 Å². The number of amides is 2. The summed E-state index contributed by atoms with van der Waals surface area (Å²) < 4.78 is 0. The minimum absolute atomic E-state index is 0.0167. The van der Waals surface area contributed by atoms with Crippen LogP contribution in [0.2, 0.25) is 0 Å². The van der Waals surface area contributed by atoms with Crippen LogP contribution in [-0.4, -0.2) is 41.4 Å². The predicted molar refractivity (Wildman–Crippen MR) is 52.5 cm³/mol. The maximum atomic E-state index is 11.5. The molecular formula is C9H17N3O2. The normalized spacial score (nSPS) is 23.7. The maximum Gasteiger partial charge on any atom is 0.312 e. The average molecular weight is 199 g/mol. The van der Waals surface area contributed by atoms with E-state index in [9.17, 15) is 9.59 Å². The molecule has 1 atom stereocenters. The summed E-state index contributed by atoms with van der Waals surface area (Å²) in [5.41, 5.74) is 5.34. The van der Waals surface area contributed by atoms with Gasteiger partial charge in [0.2, 0.25) is 0 Å². The molecule has 3 N–H and O–H groups in total. The second kappa shape index (κ2) is 3.57. The lowest BCUT2D eigenvalue weighted by Gasteiger charge is -2.37. The number of nitrogens with one attached hydrogen (secondary N) is 1. The zero-order valence-electron chi connectivity index (χ0n) is 8.83. The van der Waals surface area contributed by atoms with Crippen LogP contribution in [-0.2, 0) is 9.59 Å². The van der Waals surface area contributed by atoms with E-state index in [4.69, 9.17) is 5.73 Å². The molecule has 1 aliphatic rings. The van der Waals surface area contributed by atoms with Gasteiger partial charge in [0.05, 0.1) is 0 Å². The fraction of sp³-hybridized carbons (Fsp3) is 0.778. The van der Waals surface area contributed by atoms with Gasteiger partial charge in [-0.15, -0.1) is 0 Å². The first kappa shape index (κ1) is 11.0. The number of carbonyl (C=O) groups is 2. The molecule has 0 aromatic carbocycles. The molecule has 5 heteroatoms. The molecule has 0 saturated carbocycles. The Morgan fingerprint density at radius 2 is 2.14 bits per heavy atom. The minimum Gasteiger partial charge on any atom is -0.346 e. The standard InChI is InChI=1S/C9H17N3O2/c1-6-4-11-7(13)8(14)12(6)5-9(2,3)10/h6H,4-5,10H2,1-3H3,(H,11,13). The van der Waals surface area contributed by atoms with Crippen molar-refractivity contribution in [1.82, 2.24) is 10.2 Å². The van der Waals surface area contributed by atoms with Crippen molar-refractivity contribution in [3.8, 4) is 0 Å². The summed E-state index contributed by atoms with van der Waals surface area (Å²) >= 11 is 0. The van der Waals surface area contributed by atoms with E-state index >= 15 is 0 Å². The van der Waals surface area contributed by atoms with Gasteiger partial charge in [-0.05, 0) is 20.8 Å². The van der Waals surface area contributed by atoms with Gasteiger partial charge >= 0.3 is 11.8 Å². The van der Waals surface area contributed by atoms with E-state index in [-0.39, 0.29) is 6.04 Å². The van der Waals surface area contributed by atoms with Crippen molar-refractivity contribution in [2.24, 2.45) is 5.73 Å². The molecule has 1 rings (SSSR count). The number of rotatable bonds is 2. The highest BCUT2D eigenvalue weighted by Gasteiger charge is 2.33. The molecule has 1 unspecified atom stereocenters. The smallest absolute Gasteiger partial charge is 0.312 e. The molecule has 0 aromatic rings. The van der Waals surface area contributed by atoms with Crippen LogP contribution >= 0.6 is 0 Å². The predicted octanol–water partition coefficient (Wildman–Crippen LogP) is -0.929. The number of carbonyl (C=O) groups excluding carboxylic acids is 2. The quantitative estimate of drug-likeness (QED) is 0.564. The van der Waals surface area contributed by atoms with E-state index < -0.39 is 17.4 Å². The largest absolute Gasteiger partial charge is 0.346 e. The average Bonchev–Trinajstić information content (AvgIpc) is 2.04. The second-order valence-electron chi connectivity index (χ2n) is 4.48. The van der Waals surface area contributed by atoms with Crippen LogP contribution in [0.25, 0.3) is 0 Å². The highest BCUT2D eigenvalue weighted by Crippen LogP contribution is 2.09. The van der Waals surface area contributed by atoms with E-state index in [1.54, 1.807) is 0 Å². The fourth-order valence-corrected chi connectivity index (χ4v) is 1.42. The van der Waals surface area contributed by atoms with Gasteiger partial charge in [0.1, 0.15) is 0 Å². The zero-order chi connectivity index (χ0) is 10.9. The van der Waals surface area contributed by atoms with Gasteiger partial charge in [0.15, 0.2) is 0 Å². The van der Waals surface area contributed by atoms with Crippen molar-refractivity contribution in [2.45, 2.75) is 32.4 Å². The number of hydrogen-bond acceptors (Lipinski definition) is 3. The van der Waals surface area contributed by atoms with Crippen LogP contribution in [0.4, 0.5) is 0 Å². The van der Waals surface area contributed by atoms with Gasteiger partial charge in [-0.3, -0.25) is 9.59 Å². The van der Waals surface area contributed by atoms with Crippen LogP contribution in [0.1, 0.15) is 20.8 Å². The lowest BCUT2D eigenvalue weighted by molar-refractivity contribution is -0.150. The summed E-state index contributed by atoms with van der Waals surface area (Å²) in [6.45, 7) is 6.46. The molecule has 80 valence electrons. The van der Waals surface area contributed by atoms with E-state index in [0.717, 1.165) is 0 Å². The van der Waals surface area contributed by atoms with E-state index in [1.807, 2.05) is 20.8 Å². The van der Waals surface area contributed by atoms with Crippen LogP contribution in [0.15, 0.2) is 0 Å². The third-order valence-corrected chi connectivity index (χ3v) is 2.12. The van der Waals surface area contributed by atoms with Crippen molar-refractivity contribution in [2.75, 3.05) is 13.1 Å². The molecule has 14 heavy (non-hydrogen) atoms. The van der Waals surface area contributed by atoms with Crippen molar-refractivity contribution in [3.63, 3.8) is 0 Å². The second-order valence-corrected chi connectivity index (χ2v) is 4.48. The first-order valence-corrected chi connectivity index (χ1v) is 4.69.